The average Bonchev–Trinajstić information content (AvgIpc) is 2.64. The lowest BCUT2D eigenvalue weighted by Crippen LogP contribution is -2.33. The monoisotopic (exact) mass is 364 g/mol. The normalized spacial score (nSPS) is 26.5. The van der Waals surface area contributed by atoms with Gasteiger partial charge in [-0.3, -0.25) is 4.79 Å². The maximum absolute atomic E-state index is 12.2. The highest BCUT2D eigenvalue weighted by Gasteiger charge is 2.24. The Bertz CT molecular complexity index is 494. The third-order valence-corrected chi connectivity index (χ3v) is 5.87. The van der Waals surface area contributed by atoms with Crippen LogP contribution >= 0.6 is 12.4 Å². The quantitative estimate of drug-likeness (QED) is 0.791. The molecule has 0 radical (unpaired) electrons. The molecule has 25 heavy (non-hydrogen) atoms. The molecule has 2 N–H and O–H groups in total. The fourth-order valence-electron chi connectivity index (χ4n) is 4.35. The van der Waals surface area contributed by atoms with E-state index in [0.717, 1.165) is 38.4 Å². The standard InChI is InChI=1S/C21H32N2O.ClH/c24-21(23-14-12-18-5-4-13-22-16-18)15-17-8-10-20(11-9-17)19-6-2-1-3-7-19;/h1-3,6-7,17-18,20,22H,4-5,8-16H2,(H,23,24);1H. The van der Waals surface area contributed by atoms with E-state index in [0.29, 0.717) is 11.8 Å². The van der Waals surface area contributed by atoms with Crippen molar-refractivity contribution in [3.8, 4) is 0 Å². The van der Waals surface area contributed by atoms with Gasteiger partial charge in [0.1, 0.15) is 0 Å². The topological polar surface area (TPSA) is 41.1 Å². The first-order chi connectivity index (χ1) is 11.8. The molecule has 0 aromatic heterocycles. The van der Waals surface area contributed by atoms with Gasteiger partial charge in [0, 0.05) is 13.0 Å². The van der Waals surface area contributed by atoms with Crippen LogP contribution in [0.1, 0.15) is 62.8 Å². The minimum Gasteiger partial charge on any atom is -0.356 e. The first-order valence-electron chi connectivity index (χ1n) is 9.83. The van der Waals surface area contributed by atoms with Crippen molar-refractivity contribution < 1.29 is 4.79 Å². The molecule has 2 fully saturated rings. The summed E-state index contributed by atoms with van der Waals surface area (Å²) in [4.78, 5) is 12.2. The van der Waals surface area contributed by atoms with Crippen LogP contribution in [0.15, 0.2) is 30.3 Å². The Morgan fingerprint density at radius 2 is 1.80 bits per heavy atom. The van der Waals surface area contributed by atoms with Crippen LogP contribution < -0.4 is 10.6 Å². The number of carbonyl (C=O) groups excluding carboxylic acids is 1. The molecule has 3 rings (SSSR count). The molecule has 1 aliphatic carbocycles. The van der Waals surface area contributed by atoms with Crippen molar-refractivity contribution >= 4 is 18.3 Å². The number of rotatable bonds is 6. The molecule has 1 aromatic carbocycles. The Balaban J connectivity index is 0.00000225. The summed E-state index contributed by atoms with van der Waals surface area (Å²) in [6, 6.07) is 10.9. The molecular formula is C21H33ClN2O. The second kappa shape index (κ2) is 10.8. The van der Waals surface area contributed by atoms with Crippen LogP contribution in [0.4, 0.5) is 0 Å². The van der Waals surface area contributed by atoms with Crippen LogP contribution in [-0.2, 0) is 4.79 Å². The van der Waals surface area contributed by atoms with E-state index in [1.807, 2.05) is 0 Å². The van der Waals surface area contributed by atoms with Crippen LogP contribution in [0.3, 0.4) is 0 Å². The van der Waals surface area contributed by atoms with Crippen molar-refractivity contribution in [2.24, 2.45) is 11.8 Å². The Morgan fingerprint density at radius 3 is 2.48 bits per heavy atom. The summed E-state index contributed by atoms with van der Waals surface area (Å²) in [6.07, 6.45) is 9.30. The zero-order chi connectivity index (χ0) is 16.6. The fourth-order valence-corrected chi connectivity index (χ4v) is 4.35. The Morgan fingerprint density at radius 1 is 1.04 bits per heavy atom. The van der Waals surface area contributed by atoms with Gasteiger partial charge in [0.15, 0.2) is 0 Å². The zero-order valence-corrected chi connectivity index (χ0v) is 16.0. The van der Waals surface area contributed by atoms with E-state index < -0.39 is 0 Å². The first-order valence-corrected chi connectivity index (χ1v) is 9.83. The minimum atomic E-state index is 0. The largest absolute Gasteiger partial charge is 0.356 e. The molecule has 1 unspecified atom stereocenters. The number of carbonyl (C=O) groups is 1. The number of benzene rings is 1. The lowest BCUT2D eigenvalue weighted by molar-refractivity contribution is -0.122. The summed E-state index contributed by atoms with van der Waals surface area (Å²) in [7, 11) is 0. The van der Waals surface area contributed by atoms with E-state index >= 15 is 0 Å². The Labute approximate surface area is 158 Å². The fraction of sp³-hybridized carbons (Fsp3) is 0.667. The van der Waals surface area contributed by atoms with Gasteiger partial charge in [0.05, 0.1) is 0 Å². The van der Waals surface area contributed by atoms with Gasteiger partial charge in [-0.05, 0) is 81.4 Å². The van der Waals surface area contributed by atoms with Gasteiger partial charge >= 0.3 is 0 Å². The van der Waals surface area contributed by atoms with Gasteiger partial charge in [-0.15, -0.1) is 12.4 Å². The molecule has 1 atom stereocenters. The number of piperidine rings is 1. The van der Waals surface area contributed by atoms with Crippen molar-refractivity contribution in [3.63, 3.8) is 0 Å². The third kappa shape index (κ3) is 6.63. The van der Waals surface area contributed by atoms with Crippen LogP contribution in [0.2, 0.25) is 0 Å². The maximum Gasteiger partial charge on any atom is 0.220 e. The molecule has 4 heteroatoms. The molecule has 1 saturated heterocycles. The molecule has 1 aliphatic heterocycles. The first kappa shape index (κ1) is 20.3. The Kier molecular flexibility index (Phi) is 8.77. The predicted octanol–water partition coefficient (Wildman–Crippen LogP) is 4.28. The number of hydrogen-bond acceptors (Lipinski definition) is 2. The smallest absolute Gasteiger partial charge is 0.220 e. The predicted molar refractivity (Wildman–Crippen MR) is 106 cm³/mol. The van der Waals surface area contributed by atoms with Crippen molar-refractivity contribution in [3.05, 3.63) is 35.9 Å². The van der Waals surface area contributed by atoms with Gasteiger partial charge in [-0.25, -0.2) is 0 Å². The number of nitrogens with one attached hydrogen (secondary N) is 2. The number of halogens is 1. The highest BCUT2D eigenvalue weighted by molar-refractivity contribution is 5.85. The molecule has 3 nitrogen and oxygen atoms in total. The van der Waals surface area contributed by atoms with Crippen molar-refractivity contribution in [2.45, 2.75) is 57.3 Å². The summed E-state index contributed by atoms with van der Waals surface area (Å²) in [5.74, 6) is 2.30. The molecule has 1 saturated carbocycles. The third-order valence-electron chi connectivity index (χ3n) is 5.87. The minimum absolute atomic E-state index is 0. The van der Waals surface area contributed by atoms with Gasteiger partial charge < -0.3 is 10.6 Å². The summed E-state index contributed by atoms with van der Waals surface area (Å²) >= 11 is 0. The van der Waals surface area contributed by atoms with E-state index in [4.69, 9.17) is 0 Å². The Hall–Kier alpha value is -1.06. The van der Waals surface area contributed by atoms with Crippen molar-refractivity contribution in [1.29, 1.82) is 0 Å². The molecule has 0 bridgehead atoms. The molecule has 1 amide bonds. The second-order valence-corrected chi connectivity index (χ2v) is 7.68. The van der Waals surface area contributed by atoms with E-state index in [1.54, 1.807) is 0 Å². The molecule has 0 spiro atoms. The van der Waals surface area contributed by atoms with Crippen LogP contribution in [-0.4, -0.2) is 25.5 Å². The van der Waals surface area contributed by atoms with Crippen LogP contribution in [0.5, 0.6) is 0 Å². The van der Waals surface area contributed by atoms with E-state index in [1.165, 1.54) is 44.1 Å². The molecule has 2 aliphatic rings. The van der Waals surface area contributed by atoms with Crippen LogP contribution in [0, 0.1) is 11.8 Å². The maximum atomic E-state index is 12.2. The second-order valence-electron chi connectivity index (χ2n) is 7.68. The number of hydrogen-bond donors (Lipinski definition) is 2. The average molecular weight is 365 g/mol. The molecule has 140 valence electrons. The lowest BCUT2D eigenvalue weighted by atomic mass is 9.77. The van der Waals surface area contributed by atoms with Gasteiger partial charge in [-0.1, -0.05) is 30.3 Å². The lowest BCUT2D eigenvalue weighted by Gasteiger charge is -2.28. The molecular weight excluding hydrogens is 332 g/mol. The zero-order valence-electron chi connectivity index (χ0n) is 15.2. The van der Waals surface area contributed by atoms with Crippen molar-refractivity contribution in [1.82, 2.24) is 10.6 Å². The van der Waals surface area contributed by atoms with Crippen LogP contribution in [0.25, 0.3) is 0 Å². The highest BCUT2D eigenvalue weighted by Crippen LogP contribution is 2.36. The van der Waals surface area contributed by atoms with Gasteiger partial charge in [0.2, 0.25) is 5.91 Å². The number of amides is 1. The van der Waals surface area contributed by atoms with Gasteiger partial charge in [-0.2, -0.15) is 0 Å². The summed E-state index contributed by atoms with van der Waals surface area (Å²) < 4.78 is 0. The van der Waals surface area contributed by atoms with E-state index in [2.05, 4.69) is 41.0 Å². The highest BCUT2D eigenvalue weighted by atomic mass is 35.5. The molecule has 1 heterocycles. The van der Waals surface area contributed by atoms with Crippen molar-refractivity contribution in [2.75, 3.05) is 19.6 Å². The summed E-state index contributed by atoms with van der Waals surface area (Å²) in [5.41, 5.74) is 1.47. The van der Waals surface area contributed by atoms with Gasteiger partial charge in [0.25, 0.3) is 0 Å². The molecule has 1 aromatic rings. The SMILES string of the molecule is Cl.O=C(CC1CCC(c2ccccc2)CC1)NCCC1CCCNC1. The summed E-state index contributed by atoms with van der Waals surface area (Å²) in [5, 5.41) is 6.60. The summed E-state index contributed by atoms with van der Waals surface area (Å²) in [6.45, 7) is 3.14. The van der Waals surface area contributed by atoms with E-state index in [-0.39, 0.29) is 18.3 Å². The van der Waals surface area contributed by atoms with E-state index in [9.17, 15) is 4.79 Å².